The largest absolute Gasteiger partial charge is 0.472 e. The van der Waals surface area contributed by atoms with Crippen molar-refractivity contribution in [2.75, 3.05) is 39.6 Å². The standard InChI is InChI=1S/C60H116O17P2/c1-7-10-12-14-15-16-20-25-32-38-44-59(64)76-55(48-70-57(62)42-36-28-13-11-8-2)50-74-78(66,67)72-46-54(61)47-73-79(68,69)75-51-56(49-71-58(63)43-37-31-27-22-23-29-34-40-52(4)5)77-60(65)45-39-33-26-21-18-17-19-24-30-35-41-53(6)9-3/h52-56,61H,7-51H2,1-6H3,(H,66,67)(H,68,69)/t53?,54-,55+,56+/m0/s1. The van der Waals surface area contributed by atoms with E-state index in [2.05, 4.69) is 41.5 Å². The number of carbonyl (C=O) groups is 4. The predicted octanol–water partition coefficient (Wildman–Crippen LogP) is 16.1. The van der Waals surface area contributed by atoms with E-state index in [-0.39, 0.29) is 25.7 Å². The maximum absolute atomic E-state index is 12.9. The molecule has 468 valence electrons. The summed E-state index contributed by atoms with van der Waals surface area (Å²) in [6.07, 6.45) is 33.8. The monoisotopic (exact) mass is 1170 g/mol. The number of hydrogen-bond acceptors (Lipinski definition) is 15. The van der Waals surface area contributed by atoms with Gasteiger partial charge in [-0.3, -0.25) is 37.3 Å². The minimum atomic E-state index is -4.94. The number of esters is 4. The number of aliphatic hydroxyl groups excluding tert-OH is 1. The second-order valence-corrected chi connectivity index (χ2v) is 25.4. The van der Waals surface area contributed by atoms with Crippen LogP contribution in [0.25, 0.3) is 0 Å². The van der Waals surface area contributed by atoms with Crippen molar-refractivity contribution in [3.63, 3.8) is 0 Å². The summed E-state index contributed by atoms with van der Waals surface area (Å²) in [5, 5.41) is 10.5. The molecule has 0 aliphatic rings. The van der Waals surface area contributed by atoms with Crippen molar-refractivity contribution in [1.82, 2.24) is 0 Å². The zero-order valence-corrected chi connectivity index (χ0v) is 52.4. The second-order valence-electron chi connectivity index (χ2n) is 22.5. The molecular formula is C60H116O17P2. The van der Waals surface area contributed by atoms with Crippen LogP contribution in [0, 0.1) is 11.8 Å². The molecule has 0 aromatic rings. The average molecular weight is 1170 g/mol. The molecule has 0 radical (unpaired) electrons. The number of phosphoric acid groups is 2. The zero-order chi connectivity index (χ0) is 58.7. The first-order chi connectivity index (χ1) is 37.9. The van der Waals surface area contributed by atoms with Crippen LogP contribution in [0.4, 0.5) is 0 Å². The van der Waals surface area contributed by atoms with Crippen LogP contribution < -0.4 is 0 Å². The molecule has 0 aromatic carbocycles. The third-order valence-electron chi connectivity index (χ3n) is 14.1. The topological polar surface area (TPSA) is 237 Å². The molecule has 17 nitrogen and oxygen atoms in total. The molecule has 6 atom stereocenters. The molecule has 79 heavy (non-hydrogen) atoms. The van der Waals surface area contributed by atoms with Crippen molar-refractivity contribution < 1.29 is 80.2 Å². The summed E-state index contributed by atoms with van der Waals surface area (Å²) in [7, 11) is -9.87. The fraction of sp³-hybridized carbons (Fsp3) is 0.933. The number of hydrogen-bond donors (Lipinski definition) is 3. The van der Waals surface area contributed by atoms with Crippen molar-refractivity contribution >= 4 is 39.5 Å². The Bertz CT molecular complexity index is 1570. The Morgan fingerprint density at radius 2 is 0.646 bits per heavy atom. The predicted molar refractivity (Wildman–Crippen MR) is 312 cm³/mol. The molecule has 0 saturated carbocycles. The smallest absolute Gasteiger partial charge is 0.462 e. The van der Waals surface area contributed by atoms with Gasteiger partial charge < -0.3 is 33.8 Å². The molecule has 0 aromatic heterocycles. The summed E-state index contributed by atoms with van der Waals surface area (Å²) in [5.41, 5.74) is 0. The minimum Gasteiger partial charge on any atom is -0.462 e. The van der Waals surface area contributed by atoms with Crippen molar-refractivity contribution in [1.29, 1.82) is 0 Å². The van der Waals surface area contributed by atoms with Crippen LogP contribution in [0.5, 0.6) is 0 Å². The maximum Gasteiger partial charge on any atom is 0.472 e. The Balaban J connectivity index is 5.18. The zero-order valence-electron chi connectivity index (χ0n) is 50.7. The summed E-state index contributed by atoms with van der Waals surface area (Å²) in [6.45, 7) is 9.34. The van der Waals surface area contributed by atoms with E-state index in [9.17, 15) is 43.2 Å². The lowest BCUT2D eigenvalue weighted by molar-refractivity contribution is -0.161. The lowest BCUT2D eigenvalue weighted by Gasteiger charge is -2.21. The van der Waals surface area contributed by atoms with E-state index >= 15 is 0 Å². The first-order valence-electron chi connectivity index (χ1n) is 31.5. The summed E-state index contributed by atoms with van der Waals surface area (Å²) in [5.74, 6) is -0.643. The molecule has 3 N–H and O–H groups in total. The third kappa shape index (κ3) is 53.8. The maximum atomic E-state index is 12.9. The molecule has 0 fully saturated rings. The van der Waals surface area contributed by atoms with Gasteiger partial charge in [0.15, 0.2) is 12.2 Å². The van der Waals surface area contributed by atoms with Gasteiger partial charge in [-0.1, -0.05) is 241 Å². The van der Waals surface area contributed by atoms with Gasteiger partial charge in [-0.15, -0.1) is 0 Å². The highest BCUT2D eigenvalue weighted by molar-refractivity contribution is 7.47. The van der Waals surface area contributed by atoms with Gasteiger partial charge in [0.1, 0.15) is 19.3 Å². The number of carbonyl (C=O) groups excluding carboxylic acids is 4. The second kappa shape index (κ2) is 52.8. The number of unbranched alkanes of at least 4 members (excludes halogenated alkanes) is 28. The van der Waals surface area contributed by atoms with Crippen LogP contribution in [0.3, 0.4) is 0 Å². The Morgan fingerprint density at radius 3 is 0.962 bits per heavy atom. The van der Waals surface area contributed by atoms with Crippen LogP contribution in [-0.4, -0.2) is 96.7 Å². The van der Waals surface area contributed by atoms with Gasteiger partial charge in [0.2, 0.25) is 0 Å². The quantitative estimate of drug-likeness (QED) is 0.0222. The van der Waals surface area contributed by atoms with Crippen LogP contribution in [0.15, 0.2) is 0 Å². The van der Waals surface area contributed by atoms with E-state index in [4.69, 9.17) is 37.0 Å². The van der Waals surface area contributed by atoms with Crippen molar-refractivity contribution in [2.24, 2.45) is 11.8 Å². The van der Waals surface area contributed by atoms with E-state index in [0.29, 0.717) is 31.6 Å². The van der Waals surface area contributed by atoms with E-state index in [0.717, 1.165) is 109 Å². The molecular weight excluding hydrogens is 1050 g/mol. The lowest BCUT2D eigenvalue weighted by atomic mass is 9.99. The average Bonchev–Trinajstić information content (AvgIpc) is 3.41. The van der Waals surface area contributed by atoms with Crippen molar-refractivity contribution in [2.45, 2.75) is 310 Å². The summed E-state index contributed by atoms with van der Waals surface area (Å²) in [4.78, 5) is 71.8. The molecule has 19 heteroatoms. The number of phosphoric ester groups is 2. The molecule has 3 unspecified atom stereocenters. The van der Waals surface area contributed by atoms with Gasteiger partial charge in [0, 0.05) is 25.7 Å². The molecule has 0 amide bonds. The molecule has 0 spiro atoms. The highest BCUT2D eigenvalue weighted by Gasteiger charge is 2.30. The Kier molecular flexibility index (Phi) is 51.5. The first-order valence-corrected chi connectivity index (χ1v) is 34.5. The fourth-order valence-corrected chi connectivity index (χ4v) is 10.4. The minimum absolute atomic E-state index is 0.105. The van der Waals surface area contributed by atoms with Gasteiger partial charge in [0.25, 0.3) is 0 Å². The van der Waals surface area contributed by atoms with E-state index in [1.165, 1.54) is 96.3 Å². The van der Waals surface area contributed by atoms with E-state index in [1.54, 1.807) is 0 Å². The van der Waals surface area contributed by atoms with Crippen LogP contribution in [-0.2, 0) is 65.4 Å². The normalized spacial score (nSPS) is 14.8. The highest BCUT2D eigenvalue weighted by atomic mass is 31.2. The van der Waals surface area contributed by atoms with E-state index in [1.807, 2.05) is 0 Å². The van der Waals surface area contributed by atoms with E-state index < -0.39 is 97.5 Å². The number of aliphatic hydroxyl groups is 1. The van der Waals surface area contributed by atoms with Gasteiger partial charge in [-0.2, -0.15) is 0 Å². The first kappa shape index (κ1) is 77.1. The molecule has 0 aliphatic heterocycles. The Morgan fingerprint density at radius 1 is 0.367 bits per heavy atom. The van der Waals surface area contributed by atoms with Gasteiger partial charge >= 0.3 is 39.5 Å². The van der Waals surface area contributed by atoms with Crippen molar-refractivity contribution in [3.05, 3.63) is 0 Å². The van der Waals surface area contributed by atoms with Gasteiger partial charge in [-0.25, -0.2) is 9.13 Å². The van der Waals surface area contributed by atoms with Crippen LogP contribution >= 0.6 is 15.6 Å². The van der Waals surface area contributed by atoms with Crippen LogP contribution in [0.2, 0.25) is 0 Å². The molecule has 0 rings (SSSR count). The van der Waals surface area contributed by atoms with Gasteiger partial charge in [-0.05, 0) is 37.5 Å². The SMILES string of the molecule is CCCCCCCCCCCCC(=O)O[C@H](COC(=O)CCCCCCC)COP(=O)(O)OC[C@H](O)COP(=O)(O)OC[C@@H](COC(=O)CCCCCCCCCC(C)C)OC(=O)CCCCCCCCCCCCC(C)CC. The summed E-state index contributed by atoms with van der Waals surface area (Å²) >= 11 is 0. The Hall–Kier alpha value is -1.94. The molecule has 0 heterocycles. The summed E-state index contributed by atoms with van der Waals surface area (Å²) in [6, 6.07) is 0. The number of rotatable bonds is 59. The molecule has 0 aliphatic carbocycles. The third-order valence-corrected chi connectivity index (χ3v) is 16.0. The fourth-order valence-electron chi connectivity index (χ4n) is 8.79. The molecule has 0 saturated heterocycles. The lowest BCUT2D eigenvalue weighted by Crippen LogP contribution is -2.30. The molecule has 0 bridgehead atoms. The highest BCUT2D eigenvalue weighted by Crippen LogP contribution is 2.45. The van der Waals surface area contributed by atoms with Crippen LogP contribution in [0.1, 0.15) is 292 Å². The van der Waals surface area contributed by atoms with Crippen molar-refractivity contribution in [3.8, 4) is 0 Å². The number of ether oxygens (including phenoxy) is 4. The summed E-state index contributed by atoms with van der Waals surface area (Å²) < 4.78 is 67.6. The van der Waals surface area contributed by atoms with Gasteiger partial charge in [0.05, 0.1) is 26.4 Å². The Labute approximate surface area is 479 Å².